The molecule has 0 aliphatic heterocycles. The maximum absolute atomic E-state index is 5.13. The Morgan fingerprint density at radius 2 is 1.92 bits per heavy atom. The van der Waals surface area contributed by atoms with Crippen LogP contribution in [-0.2, 0) is 9.47 Å². The summed E-state index contributed by atoms with van der Waals surface area (Å²) in [5.74, 6) is 0. The van der Waals surface area contributed by atoms with Gasteiger partial charge in [-0.15, -0.1) is 0 Å². The molecular weight excluding hydrogens is 188 g/mol. The molecular formula is C8H17ClMgO2. The van der Waals surface area contributed by atoms with E-state index < -0.39 is 0 Å². The molecule has 0 aliphatic rings. The van der Waals surface area contributed by atoms with E-state index in [9.17, 15) is 0 Å². The Kier molecular flexibility index (Phi) is 27.9. The van der Waals surface area contributed by atoms with Gasteiger partial charge >= 0.3 is 23.1 Å². The van der Waals surface area contributed by atoms with Crippen LogP contribution in [0.5, 0.6) is 0 Å². The van der Waals surface area contributed by atoms with Crippen molar-refractivity contribution in [3.05, 3.63) is 6.42 Å². The molecule has 0 saturated carbocycles. The minimum atomic E-state index is 0. The van der Waals surface area contributed by atoms with Crippen LogP contribution >= 0.6 is 0 Å². The second-order valence-corrected chi connectivity index (χ2v) is 2.07. The summed E-state index contributed by atoms with van der Waals surface area (Å²) in [4.78, 5) is 0. The van der Waals surface area contributed by atoms with Crippen LogP contribution in [0.4, 0.5) is 0 Å². The molecule has 4 heteroatoms. The molecule has 0 fully saturated rings. The van der Waals surface area contributed by atoms with Crippen LogP contribution in [0.25, 0.3) is 0 Å². The summed E-state index contributed by atoms with van der Waals surface area (Å²) < 4.78 is 10.1. The second kappa shape index (κ2) is 17.9. The molecule has 0 saturated heterocycles. The molecule has 0 N–H and O–H groups in total. The largest absolute Gasteiger partial charge is 2.00 e. The molecule has 0 radical (unpaired) electrons. The van der Waals surface area contributed by atoms with Gasteiger partial charge in [-0.3, -0.25) is 0 Å². The zero-order valence-electron chi connectivity index (χ0n) is 8.01. The van der Waals surface area contributed by atoms with Crippen molar-refractivity contribution in [3.8, 4) is 0 Å². The number of ether oxygens (including phenoxy) is 2. The molecule has 12 heavy (non-hydrogen) atoms. The van der Waals surface area contributed by atoms with Crippen LogP contribution in [-0.4, -0.2) is 43.1 Å². The molecule has 0 aromatic heterocycles. The van der Waals surface area contributed by atoms with E-state index in [1.807, 2.05) is 6.92 Å². The Morgan fingerprint density at radius 1 is 1.25 bits per heavy atom. The number of halogens is 1. The standard InChI is InChI=1S/C8H17O2.ClH.Mg/c1-3-5-6-7-10-8-9-4-2;;/h3H,4-8H2,1-2H3;1H;/q-1;;+2/p-1. The van der Waals surface area contributed by atoms with Crippen LogP contribution in [0.1, 0.15) is 26.7 Å². The summed E-state index contributed by atoms with van der Waals surface area (Å²) in [5.41, 5.74) is 0. The van der Waals surface area contributed by atoms with Crippen molar-refractivity contribution in [2.45, 2.75) is 26.7 Å². The molecule has 0 spiro atoms. The van der Waals surface area contributed by atoms with E-state index in [0.717, 1.165) is 26.1 Å². The van der Waals surface area contributed by atoms with Crippen molar-refractivity contribution in [2.24, 2.45) is 0 Å². The van der Waals surface area contributed by atoms with Gasteiger partial charge in [0.05, 0.1) is 0 Å². The summed E-state index contributed by atoms with van der Waals surface area (Å²) in [6.07, 6.45) is 4.37. The summed E-state index contributed by atoms with van der Waals surface area (Å²) in [6.45, 7) is 6.01. The van der Waals surface area contributed by atoms with Crippen LogP contribution in [0.15, 0.2) is 0 Å². The van der Waals surface area contributed by atoms with Crippen molar-refractivity contribution >= 4 is 23.1 Å². The van der Waals surface area contributed by atoms with E-state index in [1.54, 1.807) is 0 Å². The third kappa shape index (κ3) is 17.2. The van der Waals surface area contributed by atoms with Crippen molar-refractivity contribution in [3.63, 3.8) is 0 Å². The Labute approximate surface area is 97.9 Å². The van der Waals surface area contributed by atoms with Gasteiger partial charge in [0.2, 0.25) is 0 Å². The van der Waals surface area contributed by atoms with E-state index in [4.69, 9.17) is 9.47 Å². The first kappa shape index (κ1) is 18.7. The van der Waals surface area contributed by atoms with Gasteiger partial charge in [0.15, 0.2) is 0 Å². The van der Waals surface area contributed by atoms with Crippen LogP contribution in [0, 0.1) is 6.42 Å². The molecule has 0 unspecified atom stereocenters. The topological polar surface area (TPSA) is 18.5 Å². The number of hydrogen-bond acceptors (Lipinski definition) is 2. The molecule has 0 aromatic carbocycles. The normalized spacial score (nSPS) is 8.50. The third-order valence-electron chi connectivity index (χ3n) is 1.15. The molecule has 0 atom stereocenters. The fourth-order valence-corrected chi connectivity index (χ4v) is 0.591. The van der Waals surface area contributed by atoms with E-state index in [1.165, 1.54) is 0 Å². The average Bonchev–Trinajstić information content (AvgIpc) is 1.97. The molecule has 0 bridgehead atoms. The predicted octanol–water partition coefficient (Wildman–Crippen LogP) is -1.38. The van der Waals surface area contributed by atoms with Crippen LogP contribution in [0.3, 0.4) is 0 Å². The quantitative estimate of drug-likeness (QED) is 0.221. The van der Waals surface area contributed by atoms with Gasteiger partial charge in [0, 0.05) is 13.2 Å². The molecule has 0 rings (SSSR count). The van der Waals surface area contributed by atoms with Crippen molar-refractivity contribution < 1.29 is 21.9 Å². The predicted molar refractivity (Wildman–Crippen MR) is 47.4 cm³/mol. The first-order chi connectivity index (χ1) is 4.91. The first-order valence-corrected chi connectivity index (χ1v) is 3.85. The van der Waals surface area contributed by atoms with Crippen molar-refractivity contribution in [1.82, 2.24) is 0 Å². The zero-order chi connectivity index (χ0) is 7.66. The van der Waals surface area contributed by atoms with Crippen molar-refractivity contribution in [2.75, 3.05) is 20.0 Å². The fraction of sp³-hybridized carbons (Fsp3) is 0.875. The van der Waals surface area contributed by atoms with E-state index in [0.29, 0.717) is 6.79 Å². The molecule has 2 nitrogen and oxygen atoms in total. The molecule has 70 valence electrons. The van der Waals surface area contributed by atoms with E-state index >= 15 is 0 Å². The summed E-state index contributed by atoms with van der Waals surface area (Å²) in [5, 5.41) is 0. The number of rotatable bonds is 7. The maximum Gasteiger partial charge on any atom is 2.00 e. The Hall–Kier alpha value is 0.976. The Morgan fingerprint density at radius 3 is 2.42 bits per heavy atom. The fourth-order valence-electron chi connectivity index (χ4n) is 0.591. The van der Waals surface area contributed by atoms with Gasteiger partial charge in [-0.1, -0.05) is 6.42 Å². The monoisotopic (exact) mass is 204 g/mol. The van der Waals surface area contributed by atoms with Gasteiger partial charge in [-0.25, -0.2) is 0 Å². The Bertz CT molecular complexity index is 57.0. The zero-order valence-corrected chi connectivity index (χ0v) is 10.2. The third-order valence-corrected chi connectivity index (χ3v) is 1.15. The van der Waals surface area contributed by atoms with Gasteiger partial charge < -0.3 is 28.3 Å². The molecule has 0 aliphatic carbocycles. The summed E-state index contributed by atoms with van der Waals surface area (Å²) >= 11 is 0. The SMILES string of the molecule is C[CH-]CCCOCOCC.[Cl-].[Mg+2]. The van der Waals surface area contributed by atoms with E-state index in [2.05, 4.69) is 13.3 Å². The second-order valence-electron chi connectivity index (χ2n) is 2.07. The van der Waals surface area contributed by atoms with Gasteiger partial charge in [0.25, 0.3) is 0 Å². The Balaban J connectivity index is -0.000000405. The number of hydrogen-bond donors (Lipinski definition) is 0. The average molecular weight is 205 g/mol. The minimum absolute atomic E-state index is 0. The van der Waals surface area contributed by atoms with E-state index in [-0.39, 0.29) is 35.5 Å². The smallest absolute Gasteiger partial charge is 1.00 e. The van der Waals surface area contributed by atoms with Crippen LogP contribution < -0.4 is 12.4 Å². The molecule has 0 amide bonds. The molecule has 0 aromatic rings. The minimum Gasteiger partial charge on any atom is -1.00 e. The molecule has 0 heterocycles. The van der Waals surface area contributed by atoms with Gasteiger partial charge in [0.1, 0.15) is 6.79 Å². The first-order valence-electron chi connectivity index (χ1n) is 3.85. The van der Waals surface area contributed by atoms with Crippen LogP contribution in [0.2, 0.25) is 0 Å². The van der Waals surface area contributed by atoms with Crippen molar-refractivity contribution in [1.29, 1.82) is 0 Å². The van der Waals surface area contributed by atoms with Gasteiger partial charge in [-0.05, 0) is 6.92 Å². The van der Waals surface area contributed by atoms with Gasteiger partial charge in [-0.2, -0.15) is 13.3 Å². The number of unbranched alkanes of at least 4 members (excludes halogenated alkanes) is 2. The maximum atomic E-state index is 5.13. The summed E-state index contributed by atoms with van der Waals surface area (Å²) in [7, 11) is 0. The summed E-state index contributed by atoms with van der Waals surface area (Å²) in [6, 6.07) is 0.